The molecule has 0 bridgehead atoms. The Bertz CT molecular complexity index is 477. The van der Waals surface area contributed by atoms with Gasteiger partial charge in [0.05, 0.1) is 0 Å². The lowest BCUT2D eigenvalue weighted by atomic mass is 10.1. The second kappa shape index (κ2) is 10.1. The van der Waals surface area contributed by atoms with Crippen molar-refractivity contribution >= 4 is 27.8 Å². The molecule has 22 heavy (non-hydrogen) atoms. The van der Waals surface area contributed by atoms with Crippen molar-refractivity contribution in [1.82, 2.24) is 0 Å². The summed E-state index contributed by atoms with van der Waals surface area (Å²) in [5, 5.41) is 2.99. The van der Waals surface area contributed by atoms with Crippen LogP contribution in [0.5, 0.6) is 0 Å². The summed E-state index contributed by atoms with van der Waals surface area (Å²) in [6.07, 6.45) is 7.97. The van der Waals surface area contributed by atoms with Gasteiger partial charge in [-0.05, 0) is 46.9 Å². The Labute approximate surface area is 139 Å². The summed E-state index contributed by atoms with van der Waals surface area (Å²) >= 11 is 0. The number of unbranched alkanes of at least 4 members (excludes halogenated alkanes) is 2. The van der Waals surface area contributed by atoms with E-state index < -0.39 is 0 Å². The SMILES string of the molecule is CCCCPc1ccc(-c2ccc(PCCCC)cc2)cc1. The molecular formula is C20H28P2. The largest absolute Gasteiger partial charge is 0.0904 e. The highest BCUT2D eigenvalue weighted by molar-refractivity contribution is 7.47. The third-order valence-electron chi connectivity index (χ3n) is 3.82. The molecular weight excluding hydrogens is 302 g/mol. The van der Waals surface area contributed by atoms with Crippen LogP contribution in [-0.2, 0) is 0 Å². The van der Waals surface area contributed by atoms with Crippen LogP contribution in [0, 0.1) is 0 Å². The highest BCUT2D eigenvalue weighted by Gasteiger charge is 1.99. The predicted octanol–water partition coefficient (Wildman–Crippen LogP) is 5.56. The van der Waals surface area contributed by atoms with Crippen molar-refractivity contribution in [3.8, 4) is 11.1 Å². The van der Waals surface area contributed by atoms with E-state index in [0.717, 1.165) is 17.2 Å². The normalized spacial score (nSPS) is 11.9. The van der Waals surface area contributed by atoms with Crippen LogP contribution in [0.15, 0.2) is 48.5 Å². The van der Waals surface area contributed by atoms with Crippen molar-refractivity contribution in [1.29, 1.82) is 0 Å². The van der Waals surface area contributed by atoms with E-state index in [1.165, 1.54) is 59.7 Å². The minimum atomic E-state index is 0.964. The van der Waals surface area contributed by atoms with Crippen LogP contribution in [0.4, 0.5) is 0 Å². The Kier molecular flexibility index (Phi) is 8.14. The Morgan fingerprint density at radius 3 is 1.27 bits per heavy atom. The Hall–Kier alpha value is -0.700. The fourth-order valence-electron chi connectivity index (χ4n) is 2.38. The molecule has 0 aromatic heterocycles. The first-order chi connectivity index (χ1) is 10.8. The average Bonchev–Trinajstić information content (AvgIpc) is 2.57. The van der Waals surface area contributed by atoms with Gasteiger partial charge in [0, 0.05) is 0 Å². The van der Waals surface area contributed by atoms with Gasteiger partial charge in [0.2, 0.25) is 0 Å². The molecule has 0 saturated heterocycles. The molecule has 0 saturated carbocycles. The Morgan fingerprint density at radius 2 is 0.955 bits per heavy atom. The molecule has 0 nitrogen and oxygen atoms in total. The molecule has 2 unspecified atom stereocenters. The van der Waals surface area contributed by atoms with Crippen LogP contribution in [0.25, 0.3) is 11.1 Å². The summed E-state index contributed by atoms with van der Waals surface area (Å²) < 4.78 is 0. The molecule has 2 aromatic carbocycles. The highest BCUT2D eigenvalue weighted by atomic mass is 31.1. The van der Waals surface area contributed by atoms with Gasteiger partial charge in [-0.1, -0.05) is 92.4 Å². The molecule has 0 aliphatic heterocycles. The standard InChI is InChI=1S/C20H28P2/c1-3-5-15-21-19-11-7-17(8-12-19)18-9-13-20(14-10-18)22-16-6-4-2/h7-14,21-22H,3-6,15-16H2,1-2H3. The summed E-state index contributed by atoms with van der Waals surface area (Å²) in [6.45, 7) is 4.53. The minimum Gasteiger partial charge on any atom is -0.0904 e. The second-order valence-electron chi connectivity index (χ2n) is 5.72. The van der Waals surface area contributed by atoms with E-state index in [2.05, 4.69) is 62.4 Å². The third-order valence-corrected chi connectivity index (χ3v) is 6.51. The molecule has 0 aliphatic carbocycles. The lowest BCUT2D eigenvalue weighted by Crippen LogP contribution is -1.96. The predicted molar refractivity (Wildman–Crippen MR) is 107 cm³/mol. The van der Waals surface area contributed by atoms with Gasteiger partial charge in [-0.2, -0.15) is 0 Å². The zero-order valence-corrected chi connectivity index (χ0v) is 15.9. The Morgan fingerprint density at radius 1 is 0.591 bits per heavy atom. The van der Waals surface area contributed by atoms with Crippen molar-refractivity contribution in [2.24, 2.45) is 0 Å². The van der Waals surface area contributed by atoms with Gasteiger partial charge in [0.1, 0.15) is 0 Å². The van der Waals surface area contributed by atoms with E-state index in [1.54, 1.807) is 0 Å². The summed E-state index contributed by atoms with van der Waals surface area (Å²) in [7, 11) is 1.93. The average molecular weight is 330 g/mol. The van der Waals surface area contributed by atoms with Crippen LogP contribution in [0.3, 0.4) is 0 Å². The number of hydrogen-bond donors (Lipinski definition) is 0. The molecule has 0 heterocycles. The van der Waals surface area contributed by atoms with Crippen molar-refractivity contribution in [2.75, 3.05) is 12.3 Å². The minimum absolute atomic E-state index is 0.964. The topological polar surface area (TPSA) is 0 Å². The van der Waals surface area contributed by atoms with Gasteiger partial charge < -0.3 is 0 Å². The molecule has 0 spiro atoms. The lowest BCUT2D eigenvalue weighted by molar-refractivity contribution is 0.895. The van der Waals surface area contributed by atoms with Crippen molar-refractivity contribution < 1.29 is 0 Å². The fraction of sp³-hybridized carbons (Fsp3) is 0.400. The summed E-state index contributed by atoms with van der Waals surface area (Å²) in [6, 6.07) is 18.3. The van der Waals surface area contributed by atoms with Crippen LogP contribution in [0.2, 0.25) is 0 Å². The van der Waals surface area contributed by atoms with E-state index in [1.807, 2.05) is 0 Å². The van der Waals surface area contributed by atoms with E-state index in [0.29, 0.717) is 0 Å². The van der Waals surface area contributed by atoms with Crippen molar-refractivity contribution in [2.45, 2.75) is 39.5 Å². The van der Waals surface area contributed by atoms with Crippen molar-refractivity contribution in [3.63, 3.8) is 0 Å². The van der Waals surface area contributed by atoms with Gasteiger partial charge >= 0.3 is 0 Å². The second-order valence-corrected chi connectivity index (χ2v) is 8.58. The quantitative estimate of drug-likeness (QED) is 0.417. The zero-order chi connectivity index (χ0) is 15.6. The molecule has 0 amide bonds. The van der Waals surface area contributed by atoms with E-state index in [9.17, 15) is 0 Å². The van der Waals surface area contributed by atoms with Crippen molar-refractivity contribution in [3.05, 3.63) is 48.5 Å². The monoisotopic (exact) mass is 330 g/mol. The third kappa shape index (κ3) is 5.83. The van der Waals surface area contributed by atoms with E-state index >= 15 is 0 Å². The van der Waals surface area contributed by atoms with Gasteiger partial charge in [-0.3, -0.25) is 0 Å². The van der Waals surface area contributed by atoms with Crippen LogP contribution < -0.4 is 10.6 Å². The summed E-state index contributed by atoms with van der Waals surface area (Å²) in [5.41, 5.74) is 2.68. The Balaban J connectivity index is 1.93. The van der Waals surface area contributed by atoms with Gasteiger partial charge in [0.25, 0.3) is 0 Å². The number of rotatable bonds is 9. The van der Waals surface area contributed by atoms with Crippen LogP contribution in [-0.4, -0.2) is 12.3 Å². The first-order valence-electron chi connectivity index (χ1n) is 8.51. The maximum absolute atomic E-state index is 2.31. The maximum atomic E-state index is 2.31. The molecule has 2 heteroatoms. The van der Waals surface area contributed by atoms with Gasteiger partial charge in [-0.15, -0.1) is 0 Å². The smallest absolute Gasteiger partial charge is 0.0184 e. The summed E-state index contributed by atoms with van der Waals surface area (Å²) in [5.74, 6) is 0. The highest BCUT2D eigenvalue weighted by Crippen LogP contribution is 2.21. The zero-order valence-electron chi connectivity index (χ0n) is 13.9. The molecule has 0 aliphatic rings. The van der Waals surface area contributed by atoms with Crippen LogP contribution in [0.1, 0.15) is 39.5 Å². The molecule has 0 radical (unpaired) electrons. The van der Waals surface area contributed by atoms with Gasteiger partial charge in [0.15, 0.2) is 0 Å². The number of benzene rings is 2. The molecule has 2 atom stereocenters. The molecule has 2 rings (SSSR count). The fourth-order valence-corrected chi connectivity index (χ4v) is 4.82. The molecule has 0 N–H and O–H groups in total. The van der Waals surface area contributed by atoms with E-state index in [4.69, 9.17) is 0 Å². The molecule has 2 aromatic rings. The number of hydrogen-bond acceptors (Lipinski definition) is 0. The lowest BCUT2D eigenvalue weighted by Gasteiger charge is -2.06. The summed E-state index contributed by atoms with van der Waals surface area (Å²) in [4.78, 5) is 0. The van der Waals surface area contributed by atoms with Gasteiger partial charge in [-0.25, -0.2) is 0 Å². The molecule has 0 fully saturated rings. The first-order valence-corrected chi connectivity index (χ1v) is 10.9. The first kappa shape index (κ1) is 17.7. The van der Waals surface area contributed by atoms with E-state index in [-0.39, 0.29) is 0 Å². The maximum Gasteiger partial charge on any atom is -0.0184 e. The van der Waals surface area contributed by atoms with Crippen LogP contribution >= 0.6 is 17.2 Å². The molecule has 118 valence electrons.